The van der Waals surface area contributed by atoms with Crippen molar-refractivity contribution in [2.24, 2.45) is 5.10 Å². The van der Waals surface area contributed by atoms with Gasteiger partial charge in [0.05, 0.1) is 16.3 Å². The Balaban J connectivity index is 2.03. The number of benzene rings is 2. The summed E-state index contributed by atoms with van der Waals surface area (Å²) < 4.78 is 12.9. The molecule has 0 aliphatic rings. The molecule has 3 nitrogen and oxygen atoms in total. The molecule has 0 aliphatic heterocycles. The van der Waals surface area contributed by atoms with E-state index in [1.807, 2.05) is 0 Å². The van der Waals surface area contributed by atoms with Gasteiger partial charge in [-0.15, -0.1) is 0 Å². The predicted octanol–water partition coefficient (Wildman–Crippen LogP) is 3.90. The predicted molar refractivity (Wildman–Crippen MR) is 77.9 cm³/mol. The molecule has 2 aromatic rings. The fourth-order valence-electron chi connectivity index (χ4n) is 1.45. The van der Waals surface area contributed by atoms with Crippen LogP contribution in [0.15, 0.2) is 47.6 Å². The highest BCUT2D eigenvalue weighted by Crippen LogP contribution is 2.22. The number of nitrogens with zero attached hydrogens (tertiary/aromatic N) is 1. The maximum absolute atomic E-state index is 12.9. The van der Waals surface area contributed by atoms with Crippen LogP contribution in [0.2, 0.25) is 10.0 Å². The van der Waals surface area contributed by atoms with Gasteiger partial charge in [-0.25, -0.2) is 9.82 Å². The van der Waals surface area contributed by atoms with Crippen LogP contribution < -0.4 is 5.43 Å². The minimum Gasteiger partial charge on any atom is -0.267 e. The van der Waals surface area contributed by atoms with Crippen molar-refractivity contribution in [1.82, 2.24) is 5.43 Å². The fourth-order valence-corrected chi connectivity index (χ4v) is 1.75. The lowest BCUT2D eigenvalue weighted by Crippen LogP contribution is -2.17. The minimum absolute atomic E-state index is 0.286. The van der Waals surface area contributed by atoms with Gasteiger partial charge in [-0.1, -0.05) is 35.3 Å². The van der Waals surface area contributed by atoms with Crippen LogP contribution in [-0.4, -0.2) is 12.1 Å². The van der Waals surface area contributed by atoms with Gasteiger partial charge in [-0.05, 0) is 35.9 Å². The van der Waals surface area contributed by atoms with Gasteiger partial charge in [0.15, 0.2) is 0 Å². The second-order valence-corrected chi connectivity index (χ2v) is 4.70. The summed E-state index contributed by atoms with van der Waals surface area (Å²) in [4.78, 5) is 11.8. The van der Waals surface area contributed by atoms with Crippen molar-refractivity contribution in [3.05, 3.63) is 69.5 Å². The van der Waals surface area contributed by atoms with E-state index < -0.39 is 5.91 Å². The van der Waals surface area contributed by atoms with Crippen molar-refractivity contribution < 1.29 is 9.18 Å². The zero-order chi connectivity index (χ0) is 14.5. The maximum atomic E-state index is 12.9. The summed E-state index contributed by atoms with van der Waals surface area (Å²) >= 11 is 11.6. The van der Waals surface area contributed by atoms with E-state index in [1.165, 1.54) is 36.5 Å². The third-order valence-corrected chi connectivity index (χ3v) is 3.15. The lowest BCUT2D eigenvalue weighted by Gasteiger charge is -2.01. The van der Waals surface area contributed by atoms with Gasteiger partial charge >= 0.3 is 0 Å². The molecule has 20 heavy (non-hydrogen) atoms. The molecule has 0 unspecified atom stereocenters. The van der Waals surface area contributed by atoms with E-state index in [-0.39, 0.29) is 10.8 Å². The van der Waals surface area contributed by atoms with E-state index in [1.54, 1.807) is 12.1 Å². The molecule has 0 fully saturated rings. The average Bonchev–Trinajstić information content (AvgIpc) is 2.42. The lowest BCUT2D eigenvalue weighted by molar-refractivity contribution is 0.0955. The summed E-state index contributed by atoms with van der Waals surface area (Å²) in [7, 11) is 0. The van der Waals surface area contributed by atoms with Gasteiger partial charge in [-0.2, -0.15) is 5.10 Å². The number of hydrogen-bond acceptors (Lipinski definition) is 2. The molecule has 0 radical (unpaired) electrons. The van der Waals surface area contributed by atoms with Crippen LogP contribution in [-0.2, 0) is 0 Å². The van der Waals surface area contributed by atoms with Crippen molar-refractivity contribution in [2.45, 2.75) is 0 Å². The number of halogens is 3. The molecule has 0 saturated carbocycles. The smallest absolute Gasteiger partial charge is 0.267 e. The monoisotopic (exact) mass is 310 g/mol. The average molecular weight is 311 g/mol. The van der Waals surface area contributed by atoms with Gasteiger partial charge in [0.25, 0.3) is 5.91 Å². The largest absolute Gasteiger partial charge is 0.271 e. The Hall–Kier alpha value is -1.91. The molecule has 6 heteroatoms. The summed E-state index contributed by atoms with van der Waals surface area (Å²) in [5, 5.41) is 4.40. The van der Waals surface area contributed by atoms with Crippen molar-refractivity contribution in [3.8, 4) is 0 Å². The summed E-state index contributed by atoms with van der Waals surface area (Å²) in [5.41, 5.74) is 3.19. The maximum Gasteiger partial charge on any atom is 0.271 e. The van der Waals surface area contributed by atoms with Crippen LogP contribution in [0.25, 0.3) is 0 Å². The van der Waals surface area contributed by atoms with Gasteiger partial charge < -0.3 is 0 Å². The Morgan fingerprint density at radius 1 is 1.15 bits per heavy atom. The van der Waals surface area contributed by atoms with Crippen LogP contribution in [0.5, 0.6) is 0 Å². The highest BCUT2D eigenvalue weighted by atomic mass is 35.5. The first-order valence-electron chi connectivity index (χ1n) is 5.60. The minimum atomic E-state index is -0.434. The Bertz CT molecular complexity index is 674. The Labute approximate surface area is 125 Å². The molecule has 2 rings (SSSR count). The summed E-state index contributed by atoms with van der Waals surface area (Å²) in [6.45, 7) is 0. The summed E-state index contributed by atoms with van der Waals surface area (Å²) in [6, 6.07) is 10.3. The van der Waals surface area contributed by atoms with Crippen molar-refractivity contribution in [3.63, 3.8) is 0 Å². The molecule has 0 atom stereocenters. The normalized spacial score (nSPS) is 10.8. The van der Waals surface area contributed by atoms with Gasteiger partial charge in [0.2, 0.25) is 0 Å². The molecule has 0 aliphatic carbocycles. The molecule has 0 saturated heterocycles. The van der Waals surface area contributed by atoms with Crippen LogP contribution in [0.4, 0.5) is 4.39 Å². The number of carbonyl (C=O) groups is 1. The SMILES string of the molecule is O=C(NN=Cc1cccc(F)c1)c1ccc(Cl)c(Cl)c1. The highest BCUT2D eigenvalue weighted by molar-refractivity contribution is 6.42. The van der Waals surface area contributed by atoms with E-state index in [4.69, 9.17) is 23.2 Å². The van der Waals surface area contributed by atoms with Crippen LogP contribution in [0.1, 0.15) is 15.9 Å². The van der Waals surface area contributed by atoms with Crippen molar-refractivity contribution in [2.75, 3.05) is 0 Å². The van der Waals surface area contributed by atoms with E-state index in [2.05, 4.69) is 10.5 Å². The summed E-state index contributed by atoms with van der Waals surface area (Å²) in [6.07, 6.45) is 1.35. The quantitative estimate of drug-likeness (QED) is 0.678. The van der Waals surface area contributed by atoms with Gasteiger partial charge in [-0.3, -0.25) is 4.79 Å². The van der Waals surface area contributed by atoms with E-state index in [0.29, 0.717) is 16.1 Å². The van der Waals surface area contributed by atoms with E-state index >= 15 is 0 Å². The van der Waals surface area contributed by atoms with Crippen LogP contribution >= 0.6 is 23.2 Å². The number of nitrogens with one attached hydrogen (secondary N) is 1. The molecule has 0 aromatic heterocycles. The van der Waals surface area contributed by atoms with Gasteiger partial charge in [0, 0.05) is 5.56 Å². The molecule has 1 amide bonds. The molecule has 2 aromatic carbocycles. The lowest BCUT2D eigenvalue weighted by atomic mass is 10.2. The molecule has 102 valence electrons. The zero-order valence-corrected chi connectivity index (χ0v) is 11.6. The van der Waals surface area contributed by atoms with Crippen molar-refractivity contribution >= 4 is 35.3 Å². The molecule has 0 bridgehead atoms. The molecule has 0 spiro atoms. The second-order valence-electron chi connectivity index (χ2n) is 3.88. The number of hydrazone groups is 1. The Kier molecular flexibility index (Phi) is 4.71. The molecular weight excluding hydrogens is 302 g/mol. The third kappa shape index (κ3) is 3.79. The Morgan fingerprint density at radius 2 is 1.95 bits per heavy atom. The number of carbonyl (C=O) groups excluding carboxylic acids is 1. The molecule has 1 N–H and O–H groups in total. The summed E-state index contributed by atoms with van der Waals surface area (Å²) in [5.74, 6) is -0.805. The highest BCUT2D eigenvalue weighted by Gasteiger charge is 2.06. The third-order valence-electron chi connectivity index (χ3n) is 2.41. The Morgan fingerprint density at radius 3 is 2.65 bits per heavy atom. The number of hydrogen-bond donors (Lipinski definition) is 1. The van der Waals surface area contributed by atoms with E-state index in [9.17, 15) is 9.18 Å². The van der Waals surface area contributed by atoms with Crippen molar-refractivity contribution in [1.29, 1.82) is 0 Å². The fraction of sp³-hybridized carbons (Fsp3) is 0. The number of amides is 1. The topological polar surface area (TPSA) is 41.5 Å². The van der Waals surface area contributed by atoms with Crippen LogP contribution in [0.3, 0.4) is 0 Å². The molecular formula is C14H9Cl2FN2O. The first kappa shape index (κ1) is 14.5. The number of rotatable bonds is 3. The van der Waals surface area contributed by atoms with E-state index in [0.717, 1.165) is 0 Å². The van der Waals surface area contributed by atoms with Gasteiger partial charge in [0.1, 0.15) is 5.82 Å². The molecule has 0 heterocycles. The first-order chi connectivity index (χ1) is 9.56. The first-order valence-corrected chi connectivity index (χ1v) is 6.36. The standard InChI is InChI=1S/C14H9Cl2FN2O/c15-12-5-4-10(7-13(12)16)14(20)19-18-8-9-2-1-3-11(17)6-9/h1-8H,(H,19,20). The van der Waals surface area contributed by atoms with Crippen LogP contribution in [0, 0.1) is 5.82 Å². The zero-order valence-electron chi connectivity index (χ0n) is 10.1. The second kappa shape index (κ2) is 6.50.